The number of hydrogen-bond acceptors (Lipinski definition) is 2. The van der Waals surface area contributed by atoms with Crippen molar-refractivity contribution in [2.24, 2.45) is 0 Å². The SMILES string of the molecule is CCCCCC[C@@H](C)OC(=O)c1ccc(Br)cc1F. The molecule has 1 atom stereocenters. The minimum absolute atomic E-state index is 0.0105. The molecular formula is C15H20BrFO2. The Labute approximate surface area is 122 Å². The highest BCUT2D eigenvalue weighted by Gasteiger charge is 2.16. The van der Waals surface area contributed by atoms with Crippen LogP contribution < -0.4 is 0 Å². The quantitative estimate of drug-likeness (QED) is 0.513. The Morgan fingerprint density at radius 2 is 2.11 bits per heavy atom. The molecule has 1 aromatic rings. The smallest absolute Gasteiger partial charge is 0.341 e. The number of carbonyl (C=O) groups excluding carboxylic acids is 1. The first-order chi connectivity index (χ1) is 9.04. The molecule has 0 aromatic heterocycles. The fourth-order valence-corrected chi connectivity index (χ4v) is 2.15. The third-order valence-corrected chi connectivity index (χ3v) is 3.42. The molecule has 0 bridgehead atoms. The number of rotatable bonds is 7. The first-order valence-corrected chi connectivity index (χ1v) is 7.50. The van der Waals surface area contributed by atoms with Crippen LogP contribution in [0.15, 0.2) is 22.7 Å². The van der Waals surface area contributed by atoms with Crippen LogP contribution in [0.25, 0.3) is 0 Å². The van der Waals surface area contributed by atoms with Gasteiger partial charge in [0.05, 0.1) is 11.7 Å². The van der Waals surface area contributed by atoms with E-state index in [1.54, 1.807) is 6.07 Å². The van der Waals surface area contributed by atoms with Gasteiger partial charge in [0, 0.05) is 4.47 Å². The van der Waals surface area contributed by atoms with E-state index >= 15 is 0 Å². The Morgan fingerprint density at radius 1 is 1.37 bits per heavy atom. The molecule has 0 saturated heterocycles. The van der Waals surface area contributed by atoms with Gasteiger partial charge in [-0.05, 0) is 38.0 Å². The largest absolute Gasteiger partial charge is 0.459 e. The lowest BCUT2D eigenvalue weighted by Crippen LogP contribution is -2.16. The van der Waals surface area contributed by atoms with E-state index in [4.69, 9.17) is 4.74 Å². The number of esters is 1. The van der Waals surface area contributed by atoms with Crippen LogP contribution in [-0.2, 0) is 4.74 Å². The van der Waals surface area contributed by atoms with E-state index in [2.05, 4.69) is 22.9 Å². The van der Waals surface area contributed by atoms with Crippen LogP contribution in [0.4, 0.5) is 4.39 Å². The van der Waals surface area contributed by atoms with Crippen molar-refractivity contribution in [3.8, 4) is 0 Å². The average Bonchev–Trinajstić information content (AvgIpc) is 2.34. The Morgan fingerprint density at radius 3 is 2.74 bits per heavy atom. The number of carbonyl (C=O) groups is 1. The van der Waals surface area contributed by atoms with Crippen LogP contribution in [0, 0.1) is 5.82 Å². The second kappa shape index (κ2) is 8.31. The molecule has 4 heteroatoms. The lowest BCUT2D eigenvalue weighted by molar-refractivity contribution is 0.0314. The summed E-state index contributed by atoms with van der Waals surface area (Å²) in [6.07, 6.45) is 5.20. The molecule has 0 aliphatic carbocycles. The molecule has 0 radical (unpaired) electrons. The Bertz CT molecular complexity index is 421. The third-order valence-electron chi connectivity index (χ3n) is 2.92. The third kappa shape index (κ3) is 5.72. The molecule has 1 aromatic carbocycles. The van der Waals surface area contributed by atoms with Crippen LogP contribution in [-0.4, -0.2) is 12.1 Å². The van der Waals surface area contributed by atoms with Gasteiger partial charge in [-0.25, -0.2) is 9.18 Å². The lowest BCUT2D eigenvalue weighted by atomic mass is 10.1. The van der Waals surface area contributed by atoms with Crippen molar-refractivity contribution in [1.29, 1.82) is 0 Å². The maximum atomic E-state index is 13.6. The van der Waals surface area contributed by atoms with Crippen molar-refractivity contribution < 1.29 is 13.9 Å². The number of unbranched alkanes of at least 4 members (excludes halogenated alkanes) is 3. The normalized spacial score (nSPS) is 12.2. The van der Waals surface area contributed by atoms with E-state index in [0.717, 1.165) is 19.3 Å². The molecule has 0 unspecified atom stereocenters. The summed E-state index contributed by atoms with van der Waals surface area (Å²) in [5, 5.41) is 0. The van der Waals surface area contributed by atoms with E-state index in [1.165, 1.54) is 25.0 Å². The zero-order valence-corrected chi connectivity index (χ0v) is 13.0. The summed E-state index contributed by atoms with van der Waals surface area (Å²) in [6.45, 7) is 4.00. The topological polar surface area (TPSA) is 26.3 Å². The van der Waals surface area contributed by atoms with E-state index in [1.807, 2.05) is 6.92 Å². The van der Waals surface area contributed by atoms with Gasteiger partial charge in [0.25, 0.3) is 0 Å². The van der Waals surface area contributed by atoms with E-state index in [0.29, 0.717) is 4.47 Å². The maximum Gasteiger partial charge on any atom is 0.341 e. The molecular weight excluding hydrogens is 311 g/mol. The minimum atomic E-state index is -0.590. The van der Waals surface area contributed by atoms with E-state index < -0.39 is 11.8 Å². The number of hydrogen-bond donors (Lipinski definition) is 0. The van der Waals surface area contributed by atoms with Gasteiger partial charge in [0.1, 0.15) is 5.82 Å². The molecule has 1 rings (SSSR count). The second-order valence-electron chi connectivity index (χ2n) is 4.69. The van der Waals surface area contributed by atoms with Crippen molar-refractivity contribution in [1.82, 2.24) is 0 Å². The first kappa shape index (κ1) is 16.2. The lowest BCUT2D eigenvalue weighted by Gasteiger charge is -2.13. The zero-order valence-electron chi connectivity index (χ0n) is 11.4. The van der Waals surface area contributed by atoms with Gasteiger partial charge in [0.15, 0.2) is 0 Å². The highest BCUT2D eigenvalue weighted by molar-refractivity contribution is 9.10. The minimum Gasteiger partial charge on any atom is -0.459 e. The predicted molar refractivity (Wildman–Crippen MR) is 77.7 cm³/mol. The van der Waals surface area contributed by atoms with Crippen molar-refractivity contribution in [3.63, 3.8) is 0 Å². The highest BCUT2D eigenvalue weighted by Crippen LogP contribution is 2.17. The monoisotopic (exact) mass is 330 g/mol. The van der Waals surface area contributed by atoms with Gasteiger partial charge in [-0.2, -0.15) is 0 Å². The summed E-state index contributed by atoms with van der Waals surface area (Å²) in [5.41, 5.74) is -0.0105. The van der Waals surface area contributed by atoms with Crippen molar-refractivity contribution in [3.05, 3.63) is 34.1 Å². The van der Waals surface area contributed by atoms with Crippen LogP contribution in [0.3, 0.4) is 0 Å². The molecule has 0 aliphatic rings. The molecule has 106 valence electrons. The molecule has 0 heterocycles. The number of benzene rings is 1. The van der Waals surface area contributed by atoms with Crippen LogP contribution in [0.5, 0.6) is 0 Å². The Kier molecular flexibility index (Phi) is 7.06. The maximum absolute atomic E-state index is 13.6. The van der Waals surface area contributed by atoms with Gasteiger partial charge in [0.2, 0.25) is 0 Å². The summed E-state index contributed by atoms with van der Waals surface area (Å²) in [7, 11) is 0. The molecule has 0 aliphatic heterocycles. The van der Waals surface area contributed by atoms with E-state index in [9.17, 15) is 9.18 Å². The fraction of sp³-hybridized carbons (Fsp3) is 0.533. The average molecular weight is 331 g/mol. The Balaban J connectivity index is 2.45. The molecule has 19 heavy (non-hydrogen) atoms. The van der Waals surface area contributed by atoms with Crippen molar-refractivity contribution in [2.75, 3.05) is 0 Å². The number of halogens is 2. The zero-order chi connectivity index (χ0) is 14.3. The van der Waals surface area contributed by atoms with Gasteiger partial charge >= 0.3 is 5.97 Å². The molecule has 0 saturated carbocycles. The summed E-state index contributed by atoms with van der Waals surface area (Å²) in [4.78, 5) is 11.8. The van der Waals surface area contributed by atoms with Gasteiger partial charge in [-0.3, -0.25) is 0 Å². The first-order valence-electron chi connectivity index (χ1n) is 6.70. The second-order valence-corrected chi connectivity index (χ2v) is 5.61. The number of ether oxygens (including phenoxy) is 1. The van der Waals surface area contributed by atoms with Gasteiger partial charge < -0.3 is 4.74 Å². The summed E-state index contributed by atoms with van der Waals surface area (Å²) in [6, 6.07) is 4.33. The predicted octanol–water partition coefficient (Wildman–Crippen LogP) is 5.10. The summed E-state index contributed by atoms with van der Waals surface area (Å²) in [5.74, 6) is -1.15. The van der Waals surface area contributed by atoms with Crippen LogP contribution in [0.1, 0.15) is 56.3 Å². The van der Waals surface area contributed by atoms with E-state index in [-0.39, 0.29) is 11.7 Å². The standard InChI is InChI=1S/C15H20BrFO2/c1-3-4-5-6-7-11(2)19-15(18)13-9-8-12(16)10-14(13)17/h8-11H,3-7H2,1-2H3/t11-/m1/s1. The van der Waals surface area contributed by atoms with Gasteiger partial charge in [-0.15, -0.1) is 0 Å². The Hall–Kier alpha value is -0.900. The fourth-order valence-electron chi connectivity index (χ4n) is 1.82. The highest BCUT2D eigenvalue weighted by atomic mass is 79.9. The molecule has 2 nitrogen and oxygen atoms in total. The molecule has 0 spiro atoms. The summed E-state index contributed by atoms with van der Waals surface area (Å²) < 4.78 is 19.4. The van der Waals surface area contributed by atoms with Crippen molar-refractivity contribution >= 4 is 21.9 Å². The van der Waals surface area contributed by atoms with Crippen LogP contribution >= 0.6 is 15.9 Å². The van der Waals surface area contributed by atoms with Crippen molar-refractivity contribution in [2.45, 2.75) is 52.1 Å². The summed E-state index contributed by atoms with van der Waals surface area (Å²) >= 11 is 3.15. The molecule has 0 N–H and O–H groups in total. The molecule has 0 fully saturated rings. The van der Waals surface area contributed by atoms with Crippen LogP contribution in [0.2, 0.25) is 0 Å². The molecule has 0 amide bonds. The van der Waals surface area contributed by atoms with Gasteiger partial charge in [-0.1, -0.05) is 42.1 Å².